The Kier molecular flexibility index (Phi) is 4.74. The number of imidazole rings is 1. The van der Waals surface area contributed by atoms with Gasteiger partial charge in [-0.3, -0.25) is 0 Å². The van der Waals surface area contributed by atoms with Crippen molar-refractivity contribution in [1.29, 1.82) is 0 Å². The summed E-state index contributed by atoms with van der Waals surface area (Å²) in [6, 6.07) is 14.4. The average molecular weight is 367 g/mol. The lowest BCUT2D eigenvalue weighted by atomic mass is 10.1. The first-order chi connectivity index (χ1) is 12.4. The van der Waals surface area contributed by atoms with Crippen LogP contribution in [-0.4, -0.2) is 21.6 Å². The number of hydrogen-bond acceptors (Lipinski definition) is 5. The van der Waals surface area contributed by atoms with Crippen LogP contribution in [0.2, 0.25) is 0 Å². The molecule has 0 saturated carbocycles. The van der Waals surface area contributed by atoms with Crippen molar-refractivity contribution in [2.45, 2.75) is 12.6 Å². The molecule has 0 radical (unpaired) electrons. The van der Waals surface area contributed by atoms with Crippen molar-refractivity contribution < 1.29 is 4.74 Å². The number of benzene rings is 1. The van der Waals surface area contributed by atoms with E-state index in [2.05, 4.69) is 44.2 Å². The molecule has 0 aliphatic heterocycles. The Labute approximate surface area is 154 Å². The van der Waals surface area contributed by atoms with Gasteiger partial charge >= 0.3 is 0 Å². The zero-order chi connectivity index (χ0) is 17.1. The molecule has 0 fully saturated rings. The Morgan fingerprint density at radius 3 is 2.60 bits per heavy atom. The van der Waals surface area contributed by atoms with Crippen LogP contribution in [0, 0.1) is 0 Å². The third-order valence-electron chi connectivity index (χ3n) is 4.03. The summed E-state index contributed by atoms with van der Waals surface area (Å²) >= 11 is 3.34. The number of thiazole rings is 1. The summed E-state index contributed by atoms with van der Waals surface area (Å²) in [5.41, 5.74) is 3.09. The van der Waals surface area contributed by atoms with Gasteiger partial charge in [0.15, 0.2) is 0 Å². The third-order valence-corrected chi connectivity index (χ3v) is 5.77. The standard InChI is InChI=1S/C19H17N3OS2/c1-23-15(16-8-5-10-24-16)12-22-13-21-17(14-6-3-2-4-7-14)18(22)19-20-9-11-25-19/h2-11,13,15H,12H2,1H3. The summed E-state index contributed by atoms with van der Waals surface area (Å²) in [4.78, 5) is 10.4. The van der Waals surface area contributed by atoms with Crippen molar-refractivity contribution in [3.63, 3.8) is 0 Å². The van der Waals surface area contributed by atoms with Crippen LogP contribution in [-0.2, 0) is 11.3 Å². The molecule has 0 aliphatic rings. The maximum Gasteiger partial charge on any atom is 0.142 e. The molecule has 0 aliphatic carbocycles. The highest BCUT2D eigenvalue weighted by Crippen LogP contribution is 2.34. The largest absolute Gasteiger partial charge is 0.374 e. The molecule has 3 aromatic heterocycles. The fourth-order valence-corrected chi connectivity index (χ4v) is 4.32. The Balaban J connectivity index is 1.77. The Bertz CT molecular complexity index is 915. The molecular formula is C19H17N3OS2. The summed E-state index contributed by atoms with van der Waals surface area (Å²) in [6.45, 7) is 0.700. The molecule has 0 amide bonds. The van der Waals surface area contributed by atoms with Gasteiger partial charge in [-0.2, -0.15) is 0 Å². The van der Waals surface area contributed by atoms with Crippen molar-refractivity contribution in [3.8, 4) is 22.0 Å². The zero-order valence-electron chi connectivity index (χ0n) is 13.7. The molecule has 1 aromatic carbocycles. The predicted octanol–water partition coefficient (Wildman–Crippen LogP) is 5.12. The summed E-state index contributed by atoms with van der Waals surface area (Å²) in [5.74, 6) is 0. The van der Waals surface area contributed by atoms with E-state index in [1.807, 2.05) is 36.1 Å². The second kappa shape index (κ2) is 7.31. The van der Waals surface area contributed by atoms with Gasteiger partial charge < -0.3 is 9.30 Å². The minimum Gasteiger partial charge on any atom is -0.374 e. The molecule has 0 saturated heterocycles. The van der Waals surface area contributed by atoms with Gasteiger partial charge in [0, 0.05) is 29.1 Å². The van der Waals surface area contributed by atoms with Crippen LogP contribution in [0.4, 0.5) is 0 Å². The summed E-state index contributed by atoms with van der Waals surface area (Å²) in [7, 11) is 1.75. The molecule has 126 valence electrons. The van der Waals surface area contributed by atoms with E-state index in [1.54, 1.807) is 29.8 Å². The molecule has 4 rings (SSSR count). The first-order valence-corrected chi connectivity index (χ1v) is 9.69. The van der Waals surface area contributed by atoms with E-state index in [-0.39, 0.29) is 6.10 Å². The van der Waals surface area contributed by atoms with Gasteiger partial charge in [0.2, 0.25) is 0 Å². The van der Waals surface area contributed by atoms with Gasteiger partial charge in [0.1, 0.15) is 16.8 Å². The van der Waals surface area contributed by atoms with Gasteiger partial charge in [-0.1, -0.05) is 36.4 Å². The first-order valence-electron chi connectivity index (χ1n) is 7.93. The molecule has 0 N–H and O–H groups in total. The lowest BCUT2D eigenvalue weighted by molar-refractivity contribution is 0.0911. The van der Waals surface area contributed by atoms with Crippen LogP contribution < -0.4 is 0 Å². The van der Waals surface area contributed by atoms with Crippen molar-refractivity contribution in [1.82, 2.24) is 14.5 Å². The Morgan fingerprint density at radius 2 is 1.92 bits per heavy atom. The topological polar surface area (TPSA) is 39.9 Å². The van der Waals surface area contributed by atoms with Crippen LogP contribution in [0.15, 0.2) is 65.7 Å². The molecule has 4 nitrogen and oxygen atoms in total. The highest BCUT2D eigenvalue weighted by molar-refractivity contribution is 7.13. The number of nitrogens with zero attached hydrogens (tertiary/aromatic N) is 3. The fourth-order valence-electron chi connectivity index (χ4n) is 2.83. The normalized spacial score (nSPS) is 12.4. The maximum atomic E-state index is 5.73. The van der Waals surface area contributed by atoms with Crippen molar-refractivity contribution in [2.75, 3.05) is 7.11 Å². The molecule has 0 bridgehead atoms. The fraction of sp³-hybridized carbons (Fsp3) is 0.158. The summed E-state index contributed by atoms with van der Waals surface area (Å²) < 4.78 is 7.88. The highest BCUT2D eigenvalue weighted by Gasteiger charge is 2.20. The number of thiophene rings is 1. The van der Waals surface area contributed by atoms with E-state index in [4.69, 9.17) is 4.74 Å². The van der Waals surface area contributed by atoms with Crippen molar-refractivity contribution >= 4 is 22.7 Å². The van der Waals surface area contributed by atoms with Crippen LogP contribution >= 0.6 is 22.7 Å². The van der Waals surface area contributed by atoms with E-state index in [0.29, 0.717) is 6.54 Å². The highest BCUT2D eigenvalue weighted by atomic mass is 32.1. The van der Waals surface area contributed by atoms with Gasteiger partial charge in [-0.25, -0.2) is 9.97 Å². The van der Waals surface area contributed by atoms with Gasteiger partial charge in [0.25, 0.3) is 0 Å². The summed E-state index contributed by atoms with van der Waals surface area (Å²) in [6.07, 6.45) is 3.72. The molecule has 25 heavy (non-hydrogen) atoms. The SMILES string of the molecule is COC(Cn1cnc(-c2ccccc2)c1-c1nccs1)c1cccs1. The Morgan fingerprint density at radius 1 is 1.04 bits per heavy atom. The zero-order valence-corrected chi connectivity index (χ0v) is 15.3. The molecular weight excluding hydrogens is 350 g/mol. The number of aromatic nitrogens is 3. The van der Waals surface area contributed by atoms with Gasteiger partial charge in [0.05, 0.1) is 18.6 Å². The number of ether oxygens (including phenoxy) is 1. The molecule has 6 heteroatoms. The predicted molar refractivity (Wildman–Crippen MR) is 103 cm³/mol. The molecule has 1 atom stereocenters. The third kappa shape index (κ3) is 3.28. The van der Waals surface area contributed by atoms with Gasteiger partial charge in [-0.05, 0) is 11.4 Å². The monoisotopic (exact) mass is 367 g/mol. The van der Waals surface area contributed by atoms with Crippen LogP contribution in [0.3, 0.4) is 0 Å². The molecule has 4 aromatic rings. The smallest absolute Gasteiger partial charge is 0.142 e. The minimum absolute atomic E-state index is 0.00321. The minimum atomic E-state index is -0.00321. The van der Waals surface area contributed by atoms with E-state index in [9.17, 15) is 0 Å². The average Bonchev–Trinajstić information content (AvgIpc) is 3.41. The molecule has 1 unspecified atom stereocenters. The lowest BCUT2D eigenvalue weighted by Gasteiger charge is -2.16. The quantitative estimate of drug-likeness (QED) is 0.475. The lowest BCUT2D eigenvalue weighted by Crippen LogP contribution is -2.10. The van der Waals surface area contributed by atoms with Crippen molar-refractivity contribution in [3.05, 3.63) is 70.6 Å². The van der Waals surface area contributed by atoms with E-state index in [1.165, 1.54) is 4.88 Å². The Hall–Kier alpha value is -2.28. The maximum absolute atomic E-state index is 5.73. The number of hydrogen-bond donors (Lipinski definition) is 0. The molecule has 3 heterocycles. The summed E-state index contributed by atoms with van der Waals surface area (Å²) in [5, 5.41) is 5.04. The molecule has 0 spiro atoms. The first kappa shape index (κ1) is 16.2. The van der Waals surface area contributed by atoms with E-state index < -0.39 is 0 Å². The second-order valence-electron chi connectivity index (χ2n) is 5.54. The van der Waals surface area contributed by atoms with E-state index in [0.717, 1.165) is 22.0 Å². The number of rotatable bonds is 6. The van der Waals surface area contributed by atoms with Crippen LogP contribution in [0.1, 0.15) is 11.0 Å². The van der Waals surface area contributed by atoms with Crippen LogP contribution in [0.25, 0.3) is 22.0 Å². The number of methoxy groups -OCH3 is 1. The van der Waals surface area contributed by atoms with Gasteiger partial charge in [-0.15, -0.1) is 22.7 Å². The van der Waals surface area contributed by atoms with Crippen LogP contribution in [0.5, 0.6) is 0 Å². The van der Waals surface area contributed by atoms with Crippen molar-refractivity contribution in [2.24, 2.45) is 0 Å². The second-order valence-corrected chi connectivity index (χ2v) is 7.41. The van der Waals surface area contributed by atoms with E-state index >= 15 is 0 Å².